The van der Waals surface area contributed by atoms with Crippen LogP contribution in [0.2, 0.25) is 0 Å². The number of amides is 1. The van der Waals surface area contributed by atoms with Crippen molar-refractivity contribution < 1.29 is 32.0 Å². The zero-order valence-corrected chi connectivity index (χ0v) is 13.2. The maximum absolute atomic E-state index is 12.5. The third-order valence-electron chi connectivity index (χ3n) is 3.22. The monoisotopic (exact) mass is 353 g/mol. The Bertz CT molecular complexity index is 906. The van der Waals surface area contributed by atoms with Crippen LogP contribution >= 0.6 is 0 Å². The predicted molar refractivity (Wildman–Crippen MR) is 80.9 cm³/mol. The molecule has 8 nitrogen and oxygen atoms in total. The van der Waals surface area contributed by atoms with Gasteiger partial charge in [0.25, 0.3) is 0 Å². The standard InChI is InChI=1S/C15H13F2N3O5/c1-3-11-19-12-9(23-14(16)17)4-5-10(13(12)25-11)24-15(21)18-8-6-22-20-7(8)2/h4-6,14H,3H2,1-2H3,(H,18,21). The lowest BCUT2D eigenvalue weighted by atomic mass is 10.3. The predicted octanol–water partition coefficient (Wildman–Crippen LogP) is 3.90. The summed E-state index contributed by atoms with van der Waals surface area (Å²) >= 11 is 0. The Morgan fingerprint density at radius 3 is 2.76 bits per heavy atom. The van der Waals surface area contributed by atoms with E-state index in [1.165, 1.54) is 18.4 Å². The van der Waals surface area contributed by atoms with E-state index in [4.69, 9.17) is 13.7 Å². The maximum atomic E-state index is 12.5. The van der Waals surface area contributed by atoms with E-state index in [0.717, 1.165) is 0 Å². The molecule has 0 bridgehead atoms. The molecule has 3 aromatic rings. The van der Waals surface area contributed by atoms with Gasteiger partial charge in [0.1, 0.15) is 17.6 Å². The molecule has 0 radical (unpaired) electrons. The average molecular weight is 353 g/mol. The number of anilines is 1. The molecule has 2 heterocycles. The maximum Gasteiger partial charge on any atom is 0.417 e. The van der Waals surface area contributed by atoms with Crippen LogP contribution in [-0.2, 0) is 6.42 Å². The van der Waals surface area contributed by atoms with E-state index in [1.807, 2.05) is 0 Å². The number of alkyl halides is 2. The zero-order chi connectivity index (χ0) is 18.0. The van der Waals surface area contributed by atoms with Gasteiger partial charge in [-0.1, -0.05) is 12.1 Å². The van der Waals surface area contributed by atoms with Gasteiger partial charge < -0.3 is 18.4 Å². The second-order valence-electron chi connectivity index (χ2n) is 4.91. The van der Waals surface area contributed by atoms with E-state index in [0.29, 0.717) is 23.7 Å². The number of benzene rings is 1. The first-order chi connectivity index (χ1) is 12.0. The van der Waals surface area contributed by atoms with E-state index in [2.05, 4.69) is 20.2 Å². The van der Waals surface area contributed by atoms with Gasteiger partial charge in [-0.25, -0.2) is 9.78 Å². The van der Waals surface area contributed by atoms with Crippen molar-refractivity contribution in [2.75, 3.05) is 5.32 Å². The molecule has 2 aromatic heterocycles. The molecular weight excluding hydrogens is 340 g/mol. The van der Waals surface area contributed by atoms with Gasteiger partial charge in [0.05, 0.1) is 0 Å². The molecule has 25 heavy (non-hydrogen) atoms. The van der Waals surface area contributed by atoms with Crippen LogP contribution < -0.4 is 14.8 Å². The Kier molecular flexibility index (Phi) is 4.50. The van der Waals surface area contributed by atoms with Gasteiger partial charge in [-0.15, -0.1) is 0 Å². The molecule has 1 aromatic carbocycles. The Labute approximate surface area is 139 Å². The van der Waals surface area contributed by atoms with Gasteiger partial charge in [-0.05, 0) is 19.1 Å². The van der Waals surface area contributed by atoms with Crippen molar-refractivity contribution in [3.8, 4) is 11.5 Å². The van der Waals surface area contributed by atoms with Crippen LogP contribution in [0.3, 0.4) is 0 Å². The number of hydrogen-bond donors (Lipinski definition) is 1. The third kappa shape index (κ3) is 3.52. The molecular formula is C15H13F2N3O5. The Morgan fingerprint density at radius 1 is 1.36 bits per heavy atom. The van der Waals surface area contributed by atoms with E-state index in [1.54, 1.807) is 13.8 Å². The average Bonchev–Trinajstić information content (AvgIpc) is 3.16. The quantitative estimate of drug-likeness (QED) is 0.742. The molecule has 3 rings (SSSR count). The first kappa shape index (κ1) is 16.7. The SMILES string of the molecule is CCc1nc2c(OC(F)F)ccc(OC(=O)Nc3conc3C)c2o1. The van der Waals surface area contributed by atoms with Crippen molar-refractivity contribution in [3.63, 3.8) is 0 Å². The largest absolute Gasteiger partial charge is 0.437 e. The fourth-order valence-electron chi connectivity index (χ4n) is 2.07. The molecule has 0 aliphatic rings. The number of aryl methyl sites for hydroxylation is 2. The van der Waals surface area contributed by atoms with Gasteiger partial charge in [0, 0.05) is 6.42 Å². The number of fused-ring (bicyclic) bond motifs is 1. The Hall–Kier alpha value is -3.17. The van der Waals surface area contributed by atoms with Crippen LogP contribution in [0.15, 0.2) is 27.3 Å². The fraction of sp³-hybridized carbons (Fsp3) is 0.267. The molecule has 1 N–H and O–H groups in total. The van der Waals surface area contributed by atoms with E-state index < -0.39 is 12.7 Å². The lowest BCUT2D eigenvalue weighted by Crippen LogP contribution is -2.17. The number of aromatic nitrogens is 2. The molecule has 0 saturated carbocycles. The summed E-state index contributed by atoms with van der Waals surface area (Å²) in [5.74, 6) is 0.131. The Balaban J connectivity index is 1.89. The smallest absolute Gasteiger partial charge is 0.417 e. The molecule has 0 fully saturated rings. The van der Waals surface area contributed by atoms with Crippen LogP contribution in [-0.4, -0.2) is 22.8 Å². The molecule has 0 unspecified atom stereocenters. The minimum absolute atomic E-state index is 0.00965. The second-order valence-corrected chi connectivity index (χ2v) is 4.91. The molecule has 0 atom stereocenters. The summed E-state index contributed by atoms with van der Waals surface area (Å²) in [4.78, 5) is 16.1. The van der Waals surface area contributed by atoms with Crippen molar-refractivity contribution in [3.05, 3.63) is 30.0 Å². The summed E-state index contributed by atoms with van der Waals surface area (Å²) in [6.45, 7) is 0.398. The van der Waals surface area contributed by atoms with Gasteiger partial charge in [-0.2, -0.15) is 8.78 Å². The van der Waals surface area contributed by atoms with Crippen LogP contribution in [0, 0.1) is 6.92 Å². The van der Waals surface area contributed by atoms with E-state index in [-0.39, 0.29) is 22.6 Å². The highest BCUT2D eigenvalue weighted by Crippen LogP contribution is 2.34. The van der Waals surface area contributed by atoms with Crippen molar-refractivity contribution in [2.24, 2.45) is 0 Å². The molecule has 1 amide bonds. The number of nitrogens with one attached hydrogen (secondary N) is 1. The molecule has 10 heteroatoms. The number of hydrogen-bond acceptors (Lipinski definition) is 7. The van der Waals surface area contributed by atoms with E-state index in [9.17, 15) is 13.6 Å². The van der Waals surface area contributed by atoms with Crippen molar-refractivity contribution in [1.29, 1.82) is 0 Å². The summed E-state index contributed by atoms with van der Waals surface area (Å²) < 4.78 is 44.8. The van der Waals surface area contributed by atoms with Crippen molar-refractivity contribution in [1.82, 2.24) is 10.1 Å². The summed E-state index contributed by atoms with van der Waals surface area (Å²) in [6, 6.07) is 2.51. The highest BCUT2D eigenvalue weighted by atomic mass is 19.3. The first-order valence-corrected chi connectivity index (χ1v) is 7.25. The highest BCUT2D eigenvalue weighted by molar-refractivity contribution is 5.91. The number of oxazole rings is 1. The van der Waals surface area contributed by atoms with Crippen LogP contribution in [0.1, 0.15) is 18.5 Å². The highest BCUT2D eigenvalue weighted by Gasteiger charge is 2.20. The van der Waals surface area contributed by atoms with Gasteiger partial charge in [-0.3, -0.25) is 5.32 Å². The second kappa shape index (κ2) is 6.75. The van der Waals surface area contributed by atoms with Gasteiger partial charge >= 0.3 is 12.7 Å². The normalized spacial score (nSPS) is 11.1. The number of halogens is 2. The third-order valence-corrected chi connectivity index (χ3v) is 3.22. The molecule has 132 valence electrons. The first-order valence-electron chi connectivity index (χ1n) is 7.25. The zero-order valence-electron chi connectivity index (χ0n) is 13.2. The molecule has 0 aliphatic carbocycles. The van der Waals surface area contributed by atoms with Crippen molar-refractivity contribution in [2.45, 2.75) is 26.9 Å². The van der Waals surface area contributed by atoms with Crippen molar-refractivity contribution >= 4 is 22.9 Å². The summed E-state index contributed by atoms with van der Waals surface area (Å²) in [7, 11) is 0. The molecule has 0 spiro atoms. The van der Waals surface area contributed by atoms with Gasteiger partial charge in [0.2, 0.25) is 5.58 Å². The van der Waals surface area contributed by atoms with Crippen LogP contribution in [0.25, 0.3) is 11.1 Å². The molecule has 0 aliphatic heterocycles. The lowest BCUT2D eigenvalue weighted by Gasteiger charge is -2.08. The number of ether oxygens (including phenoxy) is 2. The Morgan fingerprint density at radius 2 is 2.12 bits per heavy atom. The number of nitrogens with zero attached hydrogens (tertiary/aromatic N) is 2. The summed E-state index contributed by atoms with van der Waals surface area (Å²) in [5, 5.41) is 6.06. The summed E-state index contributed by atoms with van der Waals surface area (Å²) in [5.41, 5.74) is 0.886. The van der Waals surface area contributed by atoms with E-state index >= 15 is 0 Å². The number of rotatable bonds is 5. The number of carbonyl (C=O) groups excluding carboxylic acids is 1. The number of carbonyl (C=O) groups is 1. The summed E-state index contributed by atoms with van der Waals surface area (Å²) in [6.07, 6.45) is 0.841. The minimum atomic E-state index is -3.02. The topological polar surface area (TPSA) is 99.6 Å². The minimum Gasteiger partial charge on any atom is -0.437 e. The van der Waals surface area contributed by atoms with Crippen LogP contribution in [0.5, 0.6) is 11.5 Å². The molecule has 0 saturated heterocycles. The fourth-order valence-corrected chi connectivity index (χ4v) is 2.07. The van der Waals surface area contributed by atoms with Gasteiger partial charge in [0.15, 0.2) is 22.9 Å². The lowest BCUT2D eigenvalue weighted by molar-refractivity contribution is -0.0489. The van der Waals surface area contributed by atoms with Crippen LogP contribution in [0.4, 0.5) is 19.3 Å².